The molecule has 1 N–H and O–H groups in total. The lowest BCUT2D eigenvalue weighted by Crippen LogP contribution is -1.93. The number of hydrogen-bond acceptors (Lipinski definition) is 2. The maximum absolute atomic E-state index is 9.13. The molecular weight excluding hydrogens is 280 g/mol. The zero-order chi connectivity index (χ0) is 12.0. The van der Waals surface area contributed by atoms with Crippen LogP contribution in [0.15, 0.2) is 34.8 Å². The molecular formula is C13H11BrN2O. The van der Waals surface area contributed by atoms with Gasteiger partial charge in [-0.1, -0.05) is 15.9 Å². The molecule has 0 fully saturated rings. The van der Waals surface area contributed by atoms with Gasteiger partial charge in [0.2, 0.25) is 0 Å². The summed E-state index contributed by atoms with van der Waals surface area (Å²) in [5.41, 5.74) is 2.75. The lowest BCUT2D eigenvalue weighted by molar-refractivity contribution is 0.277. The van der Waals surface area contributed by atoms with Crippen molar-refractivity contribution in [2.24, 2.45) is 7.05 Å². The van der Waals surface area contributed by atoms with Crippen molar-refractivity contribution in [2.45, 2.75) is 6.61 Å². The number of halogens is 1. The largest absolute Gasteiger partial charge is 0.390 e. The zero-order valence-corrected chi connectivity index (χ0v) is 10.9. The molecule has 0 saturated carbocycles. The summed E-state index contributed by atoms with van der Waals surface area (Å²) in [4.78, 5) is 4.46. The van der Waals surface area contributed by atoms with Gasteiger partial charge in [0.15, 0.2) is 0 Å². The van der Waals surface area contributed by atoms with Gasteiger partial charge >= 0.3 is 0 Å². The highest BCUT2D eigenvalue weighted by atomic mass is 79.9. The SMILES string of the molecule is Cn1c2ccc(Br)cc2c2ccc(CO)nc21. The summed E-state index contributed by atoms with van der Waals surface area (Å²) in [6.07, 6.45) is 0. The first-order valence-electron chi connectivity index (χ1n) is 5.35. The first kappa shape index (κ1) is 10.7. The van der Waals surface area contributed by atoms with Crippen molar-refractivity contribution in [3.8, 4) is 0 Å². The van der Waals surface area contributed by atoms with Crippen LogP contribution < -0.4 is 0 Å². The Morgan fingerprint density at radius 2 is 2.06 bits per heavy atom. The molecule has 0 aliphatic carbocycles. The maximum Gasteiger partial charge on any atom is 0.141 e. The van der Waals surface area contributed by atoms with Gasteiger partial charge in [-0.25, -0.2) is 4.98 Å². The van der Waals surface area contributed by atoms with Gasteiger partial charge in [-0.3, -0.25) is 0 Å². The Kier molecular flexibility index (Phi) is 2.42. The highest BCUT2D eigenvalue weighted by molar-refractivity contribution is 9.10. The Labute approximate surface area is 107 Å². The molecule has 1 aromatic carbocycles. The number of pyridine rings is 1. The molecule has 0 unspecified atom stereocenters. The second-order valence-corrected chi connectivity index (χ2v) is 4.97. The molecule has 2 aromatic heterocycles. The minimum absolute atomic E-state index is 0.0266. The lowest BCUT2D eigenvalue weighted by Gasteiger charge is -1.98. The molecule has 0 amide bonds. The quantitative estimate of drug-likeness (QED) is 0.748. The molecule has 2 heterocycles. The van der Waals surface area contributed by atoms with Gasteiger partial charge in [-0.2, -0.15) is 0 Å². The average molecular weight is 291 g/mol. The highest BCUT2D eigenvalue weighted by Crippen LogP contribution is 2.29. The van der Waals surface area contributed by atoms with Crippen molar-refractivity contribution in [3.63, 3.8) is 0 Å². The molecule has 0 atom stereocenters. The standard InChI is InChI=1S/C13H11BrN2O/c1-16-12-5-2-8(14)6-11(12)10-4-3-9(7-17)15-13(10)16/h2-6,17H,7H2,1H3. The fraction of sp³-hybridized carbons (Fsp3) is 0.154. The van der Waals surface area contributed by atoms with Crippen LogP contribution in [-0.2, 0) is 13.7 Å². The van der Waals surface area contributed by atoms with E-state index in [1.807, 2.05) is 25.2 Å². The number of aromatic nitrogens is 2. The van der Waals surface area contributed by atoms with Crippen LogP contribution in [0.4, 0.5) is 0 Å². The summed E-state index contributed by atoms with van der Waals surface area (Å²) in [5, 5.41) is 11.4. The first-order chi connectivity index (χ1) is 8.20. The second-order valence-electron chi connectivity index (χ2n) is 4.05. The molecule has 0 saturated heterocycles. The normalized spacial score (nSPS) is 11.5. The Balaban J connectivity index is 2.49. The summed E-state index contributed by atoms with van der Waals surface area (Å²) >= 11 is 3.49. The van der Waals surface area contributed by atoms with Crippen molar-refractivity contribution in [1.82, 2.24) is 9.55 Å². The predicted molar refractivity (Wildman–Crippen MR) is 71.8 cm³/mol. The summed E-state index contributed by atoms with van der Waals surface area (Å²) in [5.74, 6) is 0. The fourth-order valence-corrected chi connectivity index (χ4v) is 2.53. The van der Waals surface area contributed by atoms with E-state index < -0.39 is 0 Å². The van der Waals surface area contributed by atoms with Crippen LogP contribution in [0.5, 0.6) is 0 Å². The highest BCUT2D eigenvalue weighted by Gasteiger charge is 2.09. The number of rotatable bonds is 1. The molecule has 0 aliphatic heterocycles. The van der Waals surface area contributed by atoms with Crippen LogP contribution in [0.3, 0.4) is 0 Å². The van der Waals surface area contributed by atoms with E-state index in [0.717, 1.165) is 21.0 Å². The molecule has 3 nitrogen and oxygen atoms in total. The van der Waals surface area contributed by atoms with Gasteiger partial charge in [-0.15, -0.1) is 0 Å². The fourth-order valence-electron chi connectivity index (χ4n) is 2.17. The lowest BCUT2D eigenvalue weighted by atomic mass is 10.2. The van der Waals surface area contributed by atoms with Crippen LogP contribution in [0.2, 0.25) is 0 Å². The molecule has 0 aliphatic rings. The smallest absolute Gasteiger partial charge is 0.141 e. The van der Waals surface area contributed by atoms with Crippen molar-refractivity contribution < 1.29 is 5.11 Å². The molecule has 0 bridgehead atoms. The summed E-state index contributed by atoms with van der Waals surface area (Å²) < 4.78 is 3.11. The van der Waals surface area contributed by atoms with E-state index in [-0.39, 0.29) is 6.61 Å². The second kappa shape index (κ2) is 3.82. The Hall–Kier alpha value is -1.39. The summed E-state index contributed by atoms with van der Waals surface area (Å²) in [7, 11) is 1.99. The van der Waals surface area contributed by atoms with Gasteiger partial charge in [-0.05, 0) is 30.3 Å². The van der Waals surface area contributed by atoms with E-state index >= 15 is 0 Å². The Morgan fingerprint density at radius 1 is 1.24 bits per heavy atom. The summed E-state index contributed by atoms with van der Waals surface area (Å²) in [6, 6.07) is 10.1. The van der Waals surface area contributed by atoms with E-state index in [9.17, 15) is 0 Å². The minimum Gasteiger partial charge on any atom is -0.390 e. The Morgan fingerprint density at radius 3 is 2.82 bits per heavy atom. The zero-order valence-electron chi connectivity index (χ0n) is 9.31. The van der Waals surface area contributed by atoms with Gasteiger partial charge < -0.3 is 9.67 Å². The van der Waals surface area contributed by atoms with E-state index in [2.05, 4.69) is 37.6 Å². The molecule has 0 spiro atoms. The number of benzene rings is 1. The van der Waals surface area contributed by atoms with Crippen LogP contribution >= 0.6 is 15.9 Å². The third-order valence-electron chi connectivity index (χ3n) is 3.02. The van der Waals surface area contributed by atoms with Gasteiger partial charge in [0, 0.05) is 22.3 Å². The minimum atomic E-state index is -0.0266. The number of nitrogens with zero attached hydrogens (tertiary/aromatic N) is 2. The monoisotopic (exact) mass is 290 g/mol. The molecule has 3 rings (SSSR count). The van der Waals surface area contributed by atoms with E-state index in [0.29, 0.717) is 5.69 Å². The van der Waals surface area contributed by atoms with Crippen molar-refractivity contribution in [3.05, 3.63) is 40.5 Å². The molecule has 17 heavy (non-hydrogen) atoms. The number of aryl methyl sites for hydroxylation is 1. The first-order valence-corrected chi connectivity index (χ1v) is 6.14. The topological polar surface area (TPSA) is 38.0 Å². The third kappa shape index (κ3) is 1.56. The third-order valence-corrected chi connectivity index (χ3v) is 3.52. The van der Waals surface area contributed by atoms with Gasteiger partial charge in [0.05, 0.1) is 17.8 Å². The van der Waals surface area contributed by atoms with Crippen LogP contribution in [0.1, 0.15) is 5.69 Å². The van der Waals surface area contributed by atoms with E-state index in [1.165, 1.54) is 5.39 Å². The van der Waals surface area contributed by atoms with Gasteiger partial charge in [0.25, 0.3) is 0 Å². The van der Waals surface area contributed by atoms with Crippen molar-refractivity contribution in [1.29, 1.82) is 0 Å². The number of aliphatic hydroxyl groups is 1. The number of hydrogen-bond donors (Lipinski definition) is 1. The number of fused-ring (bicyclic) bond motifs is 3. The molecule has 86 valence electrons. The molecule has 3 aromatic rings. The maximum atomic E-state index is 9.13. The van der Waals surface area contributed by atoms with Gasteiger partial charge in [0.1, 0.15) is 5.65 Å². The predicted octanol–water partition coefficient (Wildman–Crippen LogP) is 2.98. The van der Waals surface area contributed by atoms with Crippen molar-refractivity contribution >= 4 is 37.9 Å². The van der Waals surface area contributed by atoms with Crippen LogP contribution in [0.25, 0.3) is 21.9 Å². The molecule has 0 radical (unpaired) electrons. The summed E-state index contributed by atoms with van der Waals surface area (Å²) in [6.45, 7) is -0.0266. The van der Waals surface area contributed by atoms with Crippen molar-refractivity contribution in [2.75, 3.05) is 0 Å². The number of aliphatic hydroxyl groups excluding tert-OH is 1. The Bertz CT molecular complexity index is 718. The molecule has 4 heteroatoms. The average Bonchev–Trinajstić information content (AvgIpc) is 2.62. The van der Waals surface area contributed by atoms with E-state index in [1.54, 1.807) is 0 Å². The van der Waals surface area contributed by atoms with E-state index in [4.69, 9.17) is 5.11 Å². The van der Waals surface area contributed by atoms with Crippen LogP contribution in [-0.4, -0.2) is 14.7 Å². The van der Waals surface area contributed by atoms with Crippen LogP contribution in [0, 0.1) is 0 Å².